The highest BCUT2D eigenvalue weighted by Crippen LogP contribution is 2.02. The number of carboxylic acids is 2. The zero-order chi connectivity index (χ0) is 21.1. The monoisotopic (exact) mass is 380 g/mol. The fourth-order valence-electron chi connectivity index (χ4n) is 1.79. The van der Waals surface area contributed by atoms with Crippen LogP contribution in [0.5, 0.6) is 0 Å². The summed E-state index contributed by atoms with van der Waals surface area (Å²) in [6.07, 6.45) is 4.93. The molecule has 0 unspecified atom stereocenters. The van der Waals surface area contributed by atoms with E-state index in [0.717, 1.165) is 25.7 Å². The minimum Gasteiger partial charge on any atom is -0.480 e. The van der Waals surface area contributed by atoms with Gasteiger partial charge in [-0.25, -0.2) is 0 Å². The molecule has 2 atom stereocenters. The highest BCUT2D eigenvalue weighted by atomic mass is 16.4. The molecule has 0 aromatic rings. The van der Waals surface area contributed by atoms with Gasteiger partial charge in [0, 0.05) is 13.2 Å². The van der Waals surface area contributed by atoms with Crippen molar-refractivity contribution in [2.24, 2.45) is 23.3 Å². The lowest BCUT2D eigenvalue weighted by atomic mass is 10.1. The van der Waals surface area contributed by atoms with Crippen molar-refractivity contribution in [1.82, 2.24) is 0 Å². The third-order valence-corrected chi connectivity index (χ3v) is 3.15. The van der Waals surface area contributed by atoms with Crippen LogP contribution in [0.25, 0.3) is 0 Å². The topological polar surface area (TPSA) is 167 Å². The highest BCUT2D eigenvalue weighted by Gasteiger charge is 2.12. The van der Waals surface area contributed by atoms with Gasteiger partial charge in [-0.1, -0.05) is 40.5 Å². The largest absolute Gasteiger partial charge is 0.480 e. The van der Waals surface area contributed by atoms with Gasteiger partial charge in [0.25, 0.3) is 0 Å². The average Bonchev–Trinajstić information content (AvgIpc) is 2.51. The third kappa shape index (κ3) is 27.6. The molecule has 0 fully saturated rings. The Bertz CT molecular complexity index is 306. The average molecular weight is 381 g/mol. The first kappa shape index (κ1) is 29.5. The Morgan fingerprint density at radius 1 is 0.692 bits per heavy atom. The van der Waals surface area contributed by atoms with Crippen LogP contribution < -0.4 is 11.5 Å². The summed E-state index contributed by atoms with van der Waals surface area (Å²) in [6.45, 7) is 8.36. The van der Waals surface area contributed by atoms with Gasteiger partial charge in [-0.2, -0.15) is 0 Å². The molecule has 0 aliphatic rings. The van der Waals surface area contributed by atoms with E-state index >= 15 is 0 Å². The number of carboxylic acid groups (broad SMARTS) is 2. The first-order valence-corrected chi connectivity index (χ1v) is 9.17. The molecular formula is C18H40N2O6. The maximum Gasteiger partial charge on any atom is 0.320 e. The van der Waals surface area contributed by atoms with Gasteiger partial charge >= 0.3 is 11.9 Å². The van der Waals surface area contributed by atoms with Gasteiger partial charge in [0.05, 0.1) is 0 Å². The molecule has 0 aromatic carbocycles. The van der Waals surface area contributed by atoms with E-state index in [1.165, 1.54) is 0 Å². The van der Waals surface area contributed by atoms with Crippen LogP contribution in [0.3, 0.4) is 0 Å². The van der Waals surface area contributed by atoms with Crippen LogP contribution in [0.1, 0.15) is 66.2 Å². The smallest absolute Gasteiger partial charge is 0.320 e. The highest BCUT2D eigenvalue weighted by molar-refractivity contribution is 5.73. The van der Waals surface area contributed by atoms with Gasteiger partial charge in [-0.05, 0) is 37.5 Å². The number of rotatable bonds is 11. The summed E-state index contributed by atoms with van der Waals surface area (Å²) < 4.78 is 0. The Kier molecular flexibility index (Phi) is 22.8. The molecule has 8 heteroatoms. The van der Waals surface area contributed by atoms with E-state index in [9.17, 15) is 9.59 Å². The summed E-state index contributed by atoms with van der Waals surface area (Å²) in [6, 6.07) is -1.38. The zero-order valence-corrected chi connectivity index (χ0v) is 16.7. The molecule has 0 amide bonds. The molecule has 0 saturated carbocycles. The fourth-order valence-corrected chi connectivity index (χ4v) is 1.79. The number of nitrogens with two attached hydrogens (primary N) is 2. The Morgan fingerprint density at radius 2 is 0.962 bits per heavy atom. The third-order valence-electron chi connectivity index (χ3n) is 3.15. The van der Waals surface area contributed by atoms with E-state index in [4.69, 9.17) is 31.9 Å². The van der Waals surface area contributed by atoms with Gasteiger partial charge in [0.15, 0.2) is 0 Å². The molecule has 8 N–H and O–H groups in total. The number of unbranched alkanes of at least 4 members (excludes halogenated alkanes) is 3. The molecule has 0 bridgehead atoms. The molecular weight excluding hydrogens is 340 g/mol. The van der Waals surface area contributed by atoms with E-state index in [0.29, 0.717) is 24.7 Å². The Hall–Kier alpha value is -1.22. The van der Waals surface area contributed by atoms with Crippen LogP contribution >= 0.6 is 0 Å². The lowest BCUT2D eigenvalue weighted by Crippen LogP contribution is -2.31. The molecule has 0 aromatic heterocycles. The van der Waals surface area contributed by atoms with Crippen molar-refractivity contribution in [3.8, 4) is 0 Å². The summed E-state index contributed by atoms with van der Waals surface area (Å²) in [7, 11) is 0. The van der Waals surface area contributed by atoms with Crippen LogP contribution in [0.2, 0.25) is 0 Å². The summed E-state index contributed by atoms with van der Waals surface area (Å²) >= 11 is 0. The van der Waals surface area contributed by atoms with Gasteiger partial charge in [-0.15, -0.1) is 0 Å². The number of hydrogen-bond donors (Lipinski definition) is 6. The van der Waals surface area contributed by atoms with Crippen LogP contribution in [0, 0.1) is 11.8 Å². The minimum absolute atomic E-state index is 0.283. The molecule has 8 nitrogen and oxygen atoms in total. The van der Waals surface area contributed by atoms with Gasteiger partial charge in [-0.3, -0.25) is 9.59 Å². The predicted molar refractivity (Wildman–Crippen MR) is 103 cm³/mol. The first-order chi connectivity index (χ1) is 12.0. The molecule has 158 valence electrons. The Labute approximate surface area is 157 Å². The van der Waals surface area contributed by atoms with E-state index in [1.807, 2.05) is 27.7 Å². The molecule has 0 radical (unpaired) electrons. The maximum absolute atomic E-state index is 10.1. The molecule has 0 heterocycles. The summed E-state index contributed by atoms with van der Waals surface area (Å²) in [5.74, 6) is -1.11. The van der Waals surface area contributed by atoms with Gasteiger partial charge in [0.2, 0.25) is 0 Å². The predicted octanol–water partition coefficient (Wildman–Crippen LogP) is 1.42. The van der Waals surface area contributed by atoms with Crippen molar-refractivity contribution in [3.05, 3.63) is 0 Å². The standard InChI is InChI=1S/2C6H13NO2.C6H14O2/c2*1-4(2)3-5(7)6(8)9;7-5-3-1-2-4-6-8/h2*4-5H,3,7H2,1-2H3,(H,8,9);7-8H,1-6H2/t2*5-;/m00./s1. The fraction of sp³-hybridized carbons (Fsp3) is 0.889. The lowest BCUT2D eigenvalue weighted by molar-refractivity contribution is -0.139. The second-order valence-electron chi connectivity index (χ2n) is 7.01. The molecule has 0 saturated heterocycles. The van der Waals surface area contributed by atoms with Gasteiger partial charge in [0.1, 0.15) is 12.1 Å². The quantitative estimate of drug-likeness (QED) is 0.293. The van der Waals surface area contributed by atoms with E-state index in [-0.39, 0.29) is 13.2 Å². The minimum atomic E-state index is -0.913. The number of aliphatic hydroxyl groups excluding tert-OH is 2. The number of aliphatic carboxylic acids is 2. The van der Waals surface area contributed by atoms with Crippen molar-refractivity contribution < 1.29 is 30.0 Å². The van der Waals surface area contributed by atoms with Crippen molar-refractivity contribution in [2.75, 3.05) is 13.2 Å². The van der Waals surface area contributed by atoms with Crippen LogP contribution in [0.15, 0.2) is 0 Å². The van der Waals surface area contributed by atoms with Gasteiger partial charge < -0.3 is 31.9 Å². The van der Waals surface area contributed by atoms with Crippen molar-refractivity contribution >= 4 is 11.9 Å². The van der Waals surface area contributed by atoms with Crippen molar-refractivity contribution in [1.29, 1.82) is 0 Å². The molecule has 0 spiro atoms. The van der Waals surface area contributed by atoms with Crippen molar-refractivity contribution in [2.45, 2.75) is 78.3 Å². The maximum atomic E-state index is 10.1. The summed E-state index contributed by atoms with van der Waals surface area (Å²) in [5, 5.41) is 33.2. The zero-order valence-electron chi connectivity index (χ0n) is 16.7. The molecule has 0 aliphatic heterocycles. The number of carbonyl (C=O) groups is 2. The second kappa shape index (κ2) is 20.1. The van der Waals surface area contributed by atoms with E-state index in [2.05, 4.69) is 0 Å². The molecule has 26 heavy (non-hydrogen) atoms. The van der Waals surface area contributed by atoms with Crippen molar-refractivity contribution in [3.63, 3.8) is 0 Å². The number of aliphatic hydroxyl groups is 2. The normalized spacial score (nSPS) is 12.5. The van der Waals surface area contributed by atoms with Crippen LogP contribution in [0.4, 0.5) is 0 Å². The molecule has 0 rings (SSSR count). The Balaban J connectivity index is -0.000000306. The van der Waals surface area contributed by atoms with E-state index in [1.54, 1.807) is 0 Å². The lowest BCUT2D eigenvalue weighted by Gasteiger charge is -2.07. The van der Waals surface area contributed by atoms with Crippen LogP contribution in [-0.2, 0) is 9.59 Å². The number of hydrogen-bond acceptors (Lipinski definition) is 6. The summed E-state index contributed by atoms with van der Waals surface area (Å²) in [5.41, 5.74) is 10.4. The SMILES string of the molecule is CC(C)C[C@H](N)C(=O)O.CC(C)C[C@H](N)C(=O)O.OCCCCCCO. The first-order valence-electron chi connectivity index (χ1n) is 9.17. The van der Waals surface area contributed by atoms with Crippen LogP contribution in [-0.4, -0.2) is 57.7 Å². The Morgan fingerprint density at radius 3 is 1.08 bits per heavy atom. The summed E-state index contributed by atoms with van der Waals surface area (Å²) in [4.78, 5) is 20.2. The second-order valence-corrected chi connectivity index (χ2v) is 7.01. The molecule has 0 aliphatic carbocycles. The van der Waals surface area contributed by atoms with E-state index < -0.39 is 24.0 Å².